The first-order valence-electron chi connectivity index (χ1n) is 7.48. The highest BCUT2D eigenvalue weighted by Crippen LogP contribution is 2.39. The molecule has 0 unspecified atom stereocenters. The second-order valence-electron chi connectivity index (χ2n) is 6.05. The fourth-order valence-electron chi connectivity index (χ4n) is 3.51. The van der Waals surface area contributed by atoms with Gasteiger partial charge in [-0.25, -0.2) is 0 Å². The smallest absolute Gasteiger partial charge is 0.0345 e. The lowest BCUT2D eigenvalue weighted by Crippen LogP contribution is -2.32. The molecule has 2 heteroatoms. The Morgan fingerprint density at radius 2 is 1.79 bits per heavy atom. The van der Waals surface area contributed by atoms with Crippen molar-refractivity contribution in [2.45, 2.75) is 44.9 Å². The predicted octanol–water partition coefficient (Wildman–Crippen LogP) is 4.74. The van der Waals surface area contributed by atoms with E-state index in [1.165, 1.54) is 60.6 Å². The van der Waals surface area contributed by atoms with E-state index < -0.39 is 0 Å². The molecule has 1 nitrogen and oxygen atoms in total. The van der Waals surface area contributed by atoms with Gasteiger partial charge in [0.25, 0.3) is 0 Å². The number of hydrogen-bond acceptors (Lipinski definition) is 2. The highest BCUT2D eigenvalue weighted by Gasteiger charge is 2.30. The Hall–Kier alpha value is -0.860. The zero-order valence-electron chi connectivity index (χ0n) is 11.5. The molecular weight excluding hydrogens is 250 g/mol. The van der Waals surface area contributed by atoms with Gasteiger partial charge in [-0.05, 0) is 53.6 Å². The van der Waals surface area contributed by atoms with Crippen molar-refractivity contribution in [1.29, 1.82) is 0 Å². The average molecular weight is 273 g/mol. The number of hydrogen-bond donors (Lipinski definition) is 1. The molecule has 1 aliphatic rings. The molecule has 1 heterocycles. The molecule has 0 aliphatic heterocycles. The second kappa shape index (κ2) is 5.64. The molecule has 1 saturated carbocycles. The maximum absolute atomic E-state index is 6.17. The number of thiophene rings is 1. The van der Waals surface area contributed by atoms with E-state index in [-0.39, 0.29) is 0 Å². The van der Waals surface area contributed by atoms with E-state index in [0.717, 1.165) is 6.54 Å². The third-order valence-electron chi connectivity index (χ3n) is 4.72. The Morgan fingerprint density at radius 3 is 2.53 bits per heavy atom. The molecule has 2 aromatic rings. The van der Waals surface area contributed by atoms with E-state index >= 15 is 0 Å². The molecule has 0 spiro atoms. The van der Waals surface area contributed by atoms with Gasteiger partial charge in [-0.3, -0.25) is 0 Å². The summed E-state index contributed by atoms with van der Waals surface area (Å²) in [5.41, 5.74) is 8.05. The van der Waals surface area contributed by atoms with Crippen molar-refractivity contribution in [2.75, 3.05) is 6.54 Å². The quantitative estimate of drug-likeness (QED) is 0.803. The van der Waals surface area contributed by atoms with Crippen LogP contribution in [0, 0.1) is 5.41 Å². The molecule has 1 aromatic heterocycles. The largest absolute Gasteiger partial charge is 0.330 e. The maximum atomic E-state index is 6.17. The van der Waals surface area contributed by atoms with Gasteiger partial charge in [0.1, 0.15) is 0 Å². The zero-order valence-corrected chi connectivity index (χ0v) is 12.3. The maximum Gasteiger partial charge on any atom is 0.0345 e. The van der Waals surface area contributed by atoms with Gasteiger partial charge in [0.05, 0.1) is 0 Å². The van der Waals surface area contributed by atoms with Crippen LogP contribution >= 0.6 is 11.3 Å². The van der Waals surface area contributed by atoms with Crippen LogP contribution in [0.5, 0.6) is 0 Å². The standard InChI is InChI=1S/C17H23NS/c18-13-17(9-5-1-2-6-10-17)11-14-12-19-16-8-4-3-7-15(14)16/h3-4,7-8,12H,1-2,5-6,9-11,13,18H2. The van der Waals surface area contributed by atoms with E-state index in [4.69, 9.17) is 5.73 Å². The molecule has 1 aliphatic carbocycles. The first-order valence-corrected chi connectivity index (χ1v) is 8.36. The predicted molar refractivity (Wildman–Crippen MR) is 84.7 cm³/mol. The van der Waals surface area contributed by atoms with Crippen molar-refractivity contribution in [1.82, 2.24) is 0 Å². The minimum absolute atomic E-state index is 0.361. The van der Waals surface area contributed by atoms with Crippen LogP contribution in [0.3, 0.4) is 0 Å². The van der Waals surface area contributed by atoms with Gasteiger partial charge in [0.2, 0.25) is 0 Å². The van der Waals surface area contributed by atoms with Gasteiger partial charge in [0.15, 0.2) is 0 Å². The highest BCUT2D eigenvalue weighted by molar-refractivity contribution is 7.17. The Bertz CT molecular complexity index is 535. The molecule has 2 N–H and O–H groups in total. The van der Waals surface area contributed by atoms with Gasteiger partial charge in [0, 0.05) is 4.70 Å². The van der Waals surface area contributed by atoms with E-state index in [0.29, 0.717) is 5.41 Å². The zero-order chi connectivity index (χ0) is 13.1. The Kier molecular flexibility index (Phi) is 3.90. The Balaban J connectivity index is 1.89. The minimum atomic E-state index is 0.361. The minimum Gasteiger partial charge on any atom is -0.330 e. The van der Waals surface area contributed by atoms with Crippen molar-refractivity contribution in [2.24, 2.45) is 11.1 Å². The fraction of sp³-hybridized carbons (Fsp3) is 0.529. The lowest BCUT2D eigenvalue weighted by atomic mass is 9.75. The number of fused-ring (bicyclic) bond motifs is 1. The lowest BCUT2D eigenvalue weighted by Gasteiger charge is -2.31. The molecule has 0 radical (unpaired) electrons. The first kappa shape index (κ1) is 13.1. The molecule has 3 rings (SSSR count). The summed E-state index contributed by atoms with van der Waals surface area (Å²) < 4.78 is 1.42. The van der Waals surface area contributed by atoms with Crippen LogP contribution in [0.15, 0.2) is 29.6 Å². The highest BCUT2D eigenvalue weighted by atomic mass is 32.1. The average Bonchev–Trinajstić information content (AvgIpc) is 2.70. The van der Waals surface area contributed by atoms with E-state index in [1.807, 2.05) is 11.3 Å². The molecule has 1 fully saturated rings. The summed E-state index contributed by atoms with van der Waals surface area (Å²) in [6.07, 6.45) is 9.31. The molecular formula is C17H23NS. The van der Waals surface area contributed by atoms with Crippen LogP contribution < -0.4 is 5.73 Å². The topological polar surface area (TPSA) is 26.0 Å². The van der Waals surface area contributed by atoms with E-state index in [9.17, 15) is 0 Å². The second-order valence-corrected chi connectivity index (χ2v) is 6.96. The van der Waals surface area contributed by atoms with Crippen LogP contribution in [-0.2, 0) is 6.42 Å². The SMILES string of the molecule is NCC1(Cc2csc3ccccc23)CCCCCC1. The van der Waals surface area contributed by atoms with Crippen molar-refractivity contribution < 1.29 is 0 Å². The normalized spacial score (nSPS) is 19.4. The summed E-state index contributed by atoms with van der Waals surface area (Å²) in [5.74, 6) is 0. The summed E-state index contributed by atoms with van der Waals surface area (Å²) in [6, 6.07) is 8.78. The molecule has 19 heavy (non-hydrogen) atoms. The molecule has 0 atom stereocenters. The first-order chi connectivity index (χ1) is 9.33. The van der Waals surface area contributed by atoms with E-state index in [2.05, 4.69) is 29.6 Å². The molecule has 102 valence electrons. The summed E-state index contributed by atoms with van der Waals surface area (Å²) in [7, 11) is 0. The Labute approximate surface area is 119 Å². The number of nitrogens with two attached hydrogens (primary N) is 1. The summed E-state index contributed by atoms with van der Waals surface area (Å²) >= 11 is 1.88. The van der Waals surface area contributed by atoms with Crippen LogP contribution in [0.2, 0.25) is 0 Å². The van der Waals surface area contributed by atoms with Crippen LogP contribution in [0.4, 0.5) is 0 Å². The van der Waals surface area contributed by atoms with Crippen molar-refractivity contribution >= 4 is 21.4 Å². The summed E-state index contributed by atoms with van der Waals surface area (Å²) in [4.78, 5) is 0. The van der Waals surface area contributed by atoms with E-state index in [1.54, 1.807) is 0 Å². The number of benzene rings is 1. The van der Waals surface area contributed by atoms with Crippen molar-refractivity contribution in [3.63, 3.8) is 0 Å². The monoisotopic (exact) mass is 273 g/mol. The van der Waals surface area contributed by atoms with Crippen molar-refractivity contribution in [3.8, 4) is 0 Å². The number of rotatable bonds is 3. The van der Waals surface area contributed by atoms with Gasteiger partial charge >= 0.3 is 0 Å². The van der Waals surface area contributed by atoms with Gasteiger partial charge in [-0.15, -0.1) is 11.3 Å². The molecule has 0 amide bonds. The third-order valence-corrected chi connectivity index (χ3v) is 5.74. The van der Waals surface area contributed by atoms with Gasteiger partial charge in [-0.2, -0.15) is 0 Å². The van der Waals surface area contributed by atoms with Crippen LogP contribution in [0.25, 0.3) is 10.1 Å². The van der Waals surface area contributed by atoms with Crippen molar-refractivity contribution in [3.05, 3.63) is 35.2 Å². The molecule has 1 aromatic carbocycles. The molecule has 0 bridgehead atoms. The van der Waals surface area contributed by atoms with Crippen LogP contribution in [-0.4, -0.2) is 6.54 Å². The lowest BCUT2D eigenvalue weighted by molar-refractivity contribution is 0.253. The Morgan fingerprint density at radius 1 is 1.05 bits per heavy atom. The van der Waals surface area contributed by atoms with Gasteiger partial charge < -0.3 is 5.73 Å². The molecule has 0 saturated heterocycles. The third kappa shape index (κ3) is 2.70. The summed E-state index contributed by atoms with van der Waals surface area (Å²) in [6.45, 7) is 0.844. The fourth-order valence-corrected chi connectivity index (χ4v) is 4.47. The van der Waals surface area contributed by atoms with Crippen LogP contribution in [0.1, 0.15) is 44.1 Å². The van der Waals surface area contributed by atoms with Gasteiger partial charge in [-0.1, -0.05) is 43.9 Å². The summed E-state index contributed by atoms with van der Waals surface area (Å²) in [5, 5.41) is 3.80.